The van der Waals surface area contributed by atoms with Crippen LogP contribution in [0.1, 0.15) is 39.9 Å². The monoisotopic (exact) mass is 263 g/mol. The Balaban J connectivity index is 2.18. The number of thiazole rings is 1. The standard InChI is InChI=1S/C13H17N3OS/c1-4-10-6-11(16(5-2)15-10)7-12(17)13-8-14-9(3)18-13/h6,8H,4-5,7H2,1-3H3. The fourth-order valence-electron chi connectivity index (χ4n) is 1.85. The number of hydrogen-bond donors (Lipinski definition) is 0. The molecule has 0 N–H and O–H groups in total. The van der Waals surface area contributed by atoms with E-state index in [1.165, 1.54) is 11.3 Å². The van der Waals surface area contributed by atoms with Crippen molar-refractivity contribution in [3.8, 4) is 0 Å². The van der Waals surface area contributed by atoms with Gasteiger partial charge in [0.15, 0.2) is 5.78 Å². The minimum Gasteiger partial charge on any atom is -0.293 e. The summed E-state index contributed by atoms with van der Waals surface area (Å²) in [7, 11) is 0. The number of carbonyl (C=O) groups is 1. The summed E-state index contributed by atoms with van der Waals surface area (Å²) in [5.41, 5.74) is 2.03. The van der Waals surface area contributed by atoms with Crippen molar-refractivity contribution in [2.24, 2.45) is 0 Å². The molecule has 4 nitrogen and oxygen atoms in total. The fraction of sp³-hybridized carbons (Fsp3) is 0.462. The van der Waals surface area contributed by atoms with Gasteiger partial charge in [-0.15, -0.1) is 11.3 Å². The van der Waals surface area contributed by atoms with Crippen molar-refractivity contribution < 1.29 is 4.79 Å². The zero-order valence-corrected chi connectivity index (χ0v) is 11.8. The van der Waals surface area contributed by atoms with Crippen LogP contribution >= 0.6 is 11.3 Å². The van der Waals surface area contributed by atoms with E-state index in [-0.39, 0.29) is 5.78 Å². The van der Waals surface area contributed by atoms with Gasteiger partial charge in [0.25, 0.3) is 0 Å². The maximum atomic E-state index is 12.1. The van der Waals surface area contributed by atoms with Gasteiger partial charge < -0.3 is 0 Å². The van der Waals surface area contributed by atoms with Crippen molar-refractivity contribution in [3.63, 3.8) is 0 Å². The van der Waals surface area contributed by atoms with Gasteiger partial charge in [0, 0.05) is 18.4 Å². The van der Waals surface area contributed by atoms with E-state index in [4.69, 9.17) is 0 Å². The SMILES string of the molecule is CCc1cc(CC(=O)c2cnc(C)s2)n(CC)n1. The van der Waals surface area contributed by atoms with Gasteiger partial charge >= 0.3 is 0 Å². The number of aryl methyl sites for hydroxylation is 3. The second kappa shape index (κ2) is 5.44. The highest BCUT2D eigenvalue weighted by atomic mass is 32.1. The van der Waals surface area contributed by atoms with Crippen LogP contribution in [0.4, 0.5) is 0 Å². The highest BCUT2D eigenvalue weighted by Crippen LogP contribution is 2.15. The highest BCUT2D eigenvalue weighted by Gasteiger charge is 2.14. The molecule has 2 aromatic rings. The lowest BCUT2D eigenvalue weighted by Gasteiger charge is -2.02. The summed E-state index contributed by atoms with van der Waals surface area (Å²) < 4.78 is 1.91. The third kappa shape index (κ3) is 2.67. The van der Waals surface area contributed by atoms with Gasteiger partial charge in [-0.2, -0.15) is 5.10 Å². The van der Waals surface area contributed by atoms with Gasteiger partial charge in [-0.1, -0.05) is 6.92 Å². The molecule has 0 unspecified atom stereocenters. The summed E-state index contributed by atoms with van der Waals surface area (Å²) >= 11 is 1.45. The summed E-state index contributed by atoms with van der Waals surface area (Å²) in [5.74, 6) is 0.123. The molecule has 2 rings (SSSR count). The molecule has 2 aromatic heterocycles. The molecular formula is C13H17N3OS. The predicted molar refractivity (Wildman–Crippen MR) is 72.2 cm³/mol. The molecule has 2 heterocycles. The topological polar surface area (TPSA) is 47.8 Å². The molecule has 5 heteroatoms. The van der Waals surface area contributed by atoms with Crippen LogP contribution in [0.15, 0.2) is 12.3 Å². The molecule has 0 aliphatic heterocycles. The first-order valence-corrected chi connectivity index (χ1v) is 6.97. The number of rotatable bonds is 5. The zero-order valence-electron chi connectivity index (χ0n) is 10.9. The van der Waals surface area contributed by atoms with Crippen LogP contribution < -0.4 is 0 Å². The Morgan fingerprint density at radius 3 is 2.78 bits per heavy atom. The lowest BCUT2D eigenvalue weighted by atomic mass is 10.2. The maximum absolute atomic E-state index is 12.1. The second-order valence-electron chi connectivity index (χ2n) is 4.14. The molecule has 0 aliphatic carbocycles. The van der Waals surface area contributed by atoms with Crippen molar-refractivity contribution in [2.45, 2.75) is 40.2 Å². The highest BCUT2D eigenvalue weighted by molar-refractivity contribution is 7.13. The molecule has 0 spiro atoms. The van der Waals surface area contributed by atoms with Gasteiger partial charge in [-0.3, -0.25) is 9.48 Å². The van der Waals surface area contributed by atoms with Crippen molar-refractivity contribution in [1.29, 1.82) is 0 Å². The molecular weight excluding hydrogens is 246 g/mol. The van der Waals surface area contributed by atoms with E-state index in [1.54, 1.807) is 6.20 Å². The molecule has 0 radical (unpaired) electrons. The first-order valence-electron chi connectivity index (χ1n) is 6.15. The third-order valence-corrected chi connectivity index (χ3v) is 3.77. The molecule has 0 aliphatic rings. The molecule has 0 amide bonds. The van der Waals surface area contributed by atoms with Crippen molar-refractivity contribution >= 4 is 17.1 Å². The molecule has 0 bridgehead atoms. The normalized spacial score (nSPS) is 10.8. The molecule has 0 saturated carbocycles. The number of aromatic nitrogens is 3. The van der Waals surface area contributed by atoms with Gasteiger partial charge in [-0.05, 0) is 26.3 Å². The number of hydrogen-bond acceptors (Lipinski definition) is 4. The van der Waals surface area contributed by atoms with E-state index in [0.717, 1.165) is 34.2 Å². The van der Waals surface area contributed by atoms with Gasteiger partial charge in [-0.25, -0.2) is 4.98 Å². The Morgan fingerprint density at radius 2 is 2.22 bits per heavy atom. The van der Waals surface area contributed by atoms with Gasteiger partial charge in [0.1, 0.15) is 0 Å². The van der Waals surface area contributed by atoms with Crippen LogP contribution in [-0.2, 0) is 19.4 Å². The second-order valence-corrected chi connectivity index (χ2v) is 5.37. The third-order valence-electron chi connectivity index (χ3n) is 2.81. The van der Waals surface area contributed by atoms with E-state index in [0.29, 0.717) is 6.42 Å². The quantitative estimate of drug-likeness (QED) is 0.779. The molecule has 0 saturated heterocycles. The zero-order chi connectivity index (χ0) is 13.1. The Morgan fingerprint density at radius 1 is 1.44 bits per heavy atom. The average molecular weight is 263 g/mol. The van der Waals surface area contributed by atoms with E-state index >= 15 is 0 Å². The minimum absolute atomic E-state index is 0.123. The Bertz CT molecular complexity index is 556. The smallest absolute Gasteiger partial charge is 0.180 e. The molecule has 18 heavy (non-hydrogen) atoms. The number of ketones is 1. The predicted octanol–water partition coefficient (Wildman–Crippen LogP) is 2.66. The van der Waals surface area contributed by atoms with Crippen molar-refractivity contribution in [1.82, 2.24) is 14.8 Å². The average Bonchev–Trinajstić information content (AvgIpc) is 2.95. The number of nitrogens with zero attached hydrogens (tertiary/aromatic N) is 3. The van der Waals surface area contributed by atoms with Crippen LogP contribution in [0.5, 0.6) is 0 Å². The first kappa shape index (κ1) is 13.0. The van der Waals surface area contributed by atoms with Crippen LogP contribution in [0.2, 0.25) is 0 Å². The number of Topliss-reactive ketones (excluding diaryl/α,β-unsaturated/α-hetero) is 1. The van der Waals surface area contributed by atoms with E-state index in [1.807, 2.05) is 24.6 Å². The van der Waals surface area contributed by atoms with E-state index < -0.39 is 0 Å². The molecule has 96 valence electrons. The van der Waals surface area contributed by atoms with E-state index in [2.05, 4.69) is 17.0 Å². The van der Waals surface area contributed by atoms with Crippen LogP contribution in [0, 0.1) is 6.92 Å². The van der Waals surface area contributed by atoms with E-state index in [9.17, 15) is 4.79 Å². The summed E-state index contributed by atoms with van der Waals surface area (Å²) in [6.07, 6.45) is 2.96. The van der Waals surface area contributed by atoms with Gasteiger partial charge in [0.2, 0.25) is 0 Å². The summed E-state index contributed by atoms with van der Waals surface area (Å²) in [6, 6.07) is 2.02. The largest absolute Gasteiger partial charge is 0.293 e. The Labute approximate surface area is 111 Å². The lowest BCUT2D eigenvalue weighted by molar-refractivity contribution is 0.0994. The summed E-state index contributed by atoms with van der Waals surface area (Å²) in [6.45, 7) is 6.81. The molecule has 0 fully saturated rings. The Kier molecular flexibility index (Phi) is 3.91. The summed E-state index contributed by atoms with van der Waals surface area (Å²) in [5, 5.41) is 5.38. The van der Waals surface area contributed by atoms with Crippen molar-refractivity contribution in [3.05, 3.63) is 33.5 Å². The Hall–Kier alpha value is -1.49. The maximum Gasteiger partial charge on any atom is 0.180 e. The minimum atomic E-state index is 0.123. The van der Waals surface area contributed by atoms with Crippen LogP contribution in [0.3, 0.4) is 0 Å². The van der Waals surface area contributed by atoms with Crippen LogP contribution in [-0.4, -0.2) is 20.5 Å². The summed E-state index contributed by atoms with van der Waals surface area (Å²) in [4.78, 5) is 17.0. The first-order chi connectivity index (χ1) is 8.63. The number of carbonyl (C=O) groups excluding carboxylic acids is 1. The molecule has 0 aromatic carbocycles. The van der Waals surface area contributed by atoms with Crippen LogP contribution in [0.25, 0.3) is 0 Å². The van der Waals surface area contributed by atoms with Crippen molar-refractivity contribution in [2.75, 3.05) is 0 Å². The van der Waals surface area contributed by atoms with Gasteiger partial charge in [0.05, 0.1) is 22.0 Å². The molecule has 0 atom stereocenters. The fourth-order valence-corrected chi connectivity index (χ4v) is 2.56. The lowest BCUT2D eigenvalue weighted by Crippen LogP contribution is -2.08.